The van der Waals surface area contributed by atoms with E-state index in [1.54, 1.807) is 0 Å². The largest absolute Gasteiger partial charge is 0.481 e. The van der Waals surface area contributed by atoms with Crippen molar-refractivity contribution < 1.29 is 19.6 Å². The molecular formula is C11H10N4O5S. The first kappa shape index (κ1) is 14.7. The van der Waals surface area contributed by atoms with Gasteiger partial charge in [0, 0.05) is 17.5 Å². The number of thiazole rings is 1. The Morgan fingerprint density at radius 2 is 2.29 bits per heavy atom. The predicted molar refractivity (Wildman–Crippen MR) is 73.8 cm³/mol. The number of hydrogen-bond acceptors (Lipinski definition) is 8. The summed E-state index contributed by atoms with van der Waals surface area (Å²) in [6.07, 6.45) is 0. The van der Waals surface area contributed by atoms with Gasteiger partial charge >= 0.3 is 11.7 Å². The zero-order chi connectivity index (χ0) is 15.4. The molecule has 110 valence electrons. The molecule has 0 aliphatic heterocycles. The second-order valence-electron chi connectivity index (χ2n) is 3.76. The Kier molecular flexibility index (Phi) is 4.28. The van der Waals surface area contributed by atoms with Crippen LogP contribution in [0.25, 0.3) is 0 Å². The highest BCUT2D eigenvalue weighted by molar-refractivity contribution is 7.09. The number of hydrogen-bond donors (Lipinski definition) is 2. The summed E-state index contributed by atoms with van der Waals surface area (Å²) in [7, 11) is 1.40. The van der Waals surface area contributed by atoms with E-state index >= 15 is 0 Å². The van der Waals surface area contributed by atoms with E-state index in [4.69, 9.17) is 9.84 Å². The van der Waals surface area contributed by atoms with Gasteiger partial charge in [0.05, 0.1) is 18.6 Å². The fourth-order valence-corrected chi connectivity index (χ4v) is 2.18. The second kappa shape index (κ2) is 6.13. The van der Waals surface area contributed by atoms with Gasteiger partial charge in [0.1, 0.15) is 5.01 Å². The van der Waals surface area contributed by atoms with Gasteiger partial charge in [-0.3, -0.25) is 10.1 Å². The minimum atomic E-state index is -1.12. The van der Waals surface area contributed by atoms with E-state index in [9.17, 15) is 14.9 Å². The third kappa shape index (κ3) is 3.42. The van der Waals surface area contributed by atoms with Crippen LogP contribution in [-0.4, -0.2) is 33.1 Å². The molecule has 0 aliphatic carbocycles. The quantitative estimate of drug-likeness (QED) is 0.610. The summed E-state index contributed by atoms with van der Waals surface area (Å²) in [6.45, 7) is 0.124. The van der Waals surface area contributed by atoms with Crippen molar-refractivity contribution in [1.82, 2.24) is 9.97 Å². The molecule has 0 aromatic carbocycles. The van der Waals surface area contributed by atoms with Crippen molar-refractivity contribution in [3.05, 3.63) is 38.3 Å². The lowest BCUT2D eigenvalue weighted by molar-refractivity contribution is -0.384. The first-order chi connectivity index (χ1) is 10.0. The van der Waals surface area contributed by atoms with Gasteiger partial charge in [0.2, 0.25) is 11.7 Å². The monoisotopic (exact) mass is 310 g/mol. The highest BCUT2D eigenvalue weighted by Crippen LogP contribution is 2.25. The van der Waals surface area contributed by atoms with Crippen LogP contribution in [0.1, 0.15) is 15.5 Å². The Labute approximate surface area is 122 Å². The highest BCUT2D eigenvalue weighted by Gasteiger charge is 2.17. The van der Waals surface area contributed by atoms with Crippen molar-refractivity contribution in [3.63, 3.8) is 0 Å². The molecule has 0 aliphatic rings. The topological polar surface area (TPSA) is 127 Å². The molecule has 0 atom stereocenters. The van der Waals surface area contributed by atoms with Crippen molar-refractivity contribution in [1.29, 1.82) is 0 Å². The molecule has 2 heterocycles. The summed E-state index contributed by atoms with van der Waals surface area (Å²) in [6, 6.07) is 2.66. The number of aromatic carboxylic acids is 1. The average Bonchev–Trinajstić information content (AvgIpc) is 2.93. The van der Waals surface area contributed by atoms with Gasteiger partial charge in [-0.2, -0.15) is 4.98 Å². The maximum Gasteiger partial charge on any atom is 0.355 e. The molecular weight excluding hydrogens is 300 g/mol. The van der Waals surface area contributed by atoms with Crippen LogP contribution in [-0.2, 0) is 6.54 Å². The normalized spacial score (nSPS) is 10.1. The summed E-state index contributed by atoms with van der Waals surface area (Å²) in [5, 5.41) is 24.3. The van der Waals surface area contributed by atoms with Crippen LogP contribution < -0.4 is 10.1 Å². The molecule has 0 unspecified atom stereocenters. The Morgan fingerprint density at radius 3 is 2.86 bits per heavy atom. The second-order valence-corrected chi connectivity index (χ2v) is 4.71. The fraction of sp³-hybridized carbons (Fsp3) is 0.182. The van der Waals surface area contributed by atoms with E-state index < -0.39 is 10.9 Å². The van der Waals surface area contributed by atoms with Crippen molar-refractivity contribution in [2.75, 3.05) is 12.4 Å². The summed E-state index contributed by atoms with van der Waals surface area (Å²) in [5.41, 5.74) is -0.268. The number of anilines is 1. The molecule has 10 heteroatoms. The molecule has 0 radical (unpaired) electrons. The first-order valence-electron chi connectivity index (χ1n) is 5.62. The van der Waals surface area contributed by atoms with Crippen molar-refractivity contribution >= 4 is 28.8 Å². The number of pyridine rings is 1. The molecule has 0 spiro atoms. The van der Waals surface area contributed by atoms with Gasteiger partial charge in [-0.05, 0) is 0 Å². The standard InChI is InChI=1S/C11H10N4O5S/c1-20-8-3-2-7(15(18)19)10(14-8)12-4-9-13-6(5-21-9)11(16)17/h2-3,5H,4H2,1H3,(H,12,14)(H,16,17). The number of carbonyl (C=O) groups is 1. The fourth-order valence-electron chi connectivity index (χ4n) is 1.47. The van der Waals surface area contributed by atoms with Gasteiger partial charge < -0.3 is 15.2 Å². The Morgan fingerprint density at radius 1 is 1.52 bits per heavy atom. The molecule has 2 rings (SSSR count). The number of rotatable bonds is 6. The number of nitro groups is 1. The summed E-state index contributed by atoms with van der Waals surface area (Å²) in [5.74, 6) is -0.858. The average molecular weight is 310 g/mol. The van der Waals surface area contributed by atoms with Crippen LogP contribution in [0.2, 0.25) is 0 Å². The van der Waals surface area contributed by atoms with Crippen LogP contribution in [0.3, 0.4) is 0 Å². The van der Waals surface area contributed by atoms with E-state index in [2.05, 4.69) is 15.3 Å². The molecule has 0 saturated carbocycles. The number of aromatic nitrogens is 2. The van der Waals surface area contributed by atoms with E-state index in [-0.39, 0.29) is 29.6 Å². The van der Waals surface area contributed by atoms with Crippen LogP contribution in [0, 0.1) is 10.1 Å². The number of nitrogens with one attached hydrogen (secondary N) is 1. The minimum absolute atomic E-state index is 0.0337. The molecule has 0 fully saturated rings. The van der Waals surface area contributed by atoms with Gasteiger partial charge in [-0.25, -0.2) is 9.78 Å². The molecule has 9 nitrogen and oxygen atoms in total. The molecule has 2 aromatic rings. The molecule has 2 aromatic heterocycles. The van der Waals surface area contributed by atoms with E-state index in [1.807, 2.05) is 0 Å². The molecule has 2 N–H and O–H groups in total. The van der Waals surface area contributed by atoms with Gasteiger partial charge in [-0.1, -0.05) is 0 Å². The first-order valence-corrected chi connectivity index (χ1v) is 6.50. The predicted octanol–water partition coefficient (Wildman–Crippen LogP) is 1.77. The Bertz CT molecular complexity index is 687. The lowest BCUT2D eigenvalue weighted by Crippen LogP contribution is -2.06. The van der Waals surface area contributed by atoms with Crippen molar-refractivity contribution in [2.24, 2.45) is 0 Å². The molecule has 0 amide bonds. The van der Waals surface area contributed by atoms with E-state index in [0.717, 1.165) is 11.3 Å². The van der Waals surface area contributed by atoms with E-state index in [1.165, 1.54) is 24.6 Å². The molecule has 0 bridgehead atoms. The maximum atomic E-state index is 10.9. The van der Waals surface area contributed by atoms with Crippen molar-refractivity contribution in [3.8, 4) is 5.88 Å². The zero-order valence-corrected chi connectivity index (χ0v) is 11.6. The smallest absolute Gasteiger partial charge is 0.355 e. The van der Waals surface area contributed by atoms with Crippen LogP contribution in [0.4, 0.5) is 11.5 Å². The van der Waals surface area contributed by atoms with E-state index in [0.29, 0.717) is 5.01 Å². The number of nitrogens with zero attached hydrogens (tertiary/aromatic N) is 3. The lowest BCUT2D eigenvalue weighted by Gasteiger charge is -2.06. The number of carboxylic acids is 1. The summed E-state index contributed by atoms with van der Waals surface area (Å²) in [4.78, 5) is 28.9. The molecule has 0 saturated heterocycles. The van der Waals surface area contributed by atoms with Crippen molar-refractivity contribution in [2.45, 2.75) is 6.54 Å². The van der Waals surface area contributed by atoms with Crippen LogP contribution in [0.15, 0.2) is 17.5 Å². The summed E-state index contributed by atoms with van der Waals surface area (Å²) >= 11 is 1.14. The van der Waals surface area contributed by atoms with Crippen LogP contribution >= 0.6 is 11.3 Å². The maximum absolute atomic E-state index is 10.9. The summed E-state index contributed by atoms with van der Waals surface area (Å²) < 4.78 is 4.91. The number of methoxy groups -OCH3 is 1. The SMILES string of the molecule is COc1ccc([N+](=O)[O-])c(NCc2nc(C(=O)O)cs2)n1. The molecule has 21 heavy (non-hydrogen) atoms. The Hall–Kier alpha value is -2.75. The minimum Gasteiger partial charge on any atom is -0.481 e. The van der Waals surface area contributed by atoms with Crippen LogP contribution in [0.5, 0.6) is 5.88 Å². The van der Waals surface area contributed by atoms with Gasteiger partial charge in [0.15, 0.2) is 5.69 Å². The third-order valence-electron chi connectivity index (χ3n) is 2.43. The van der Waals surface area contributed by atoms with Gasteiger partial charge in [0.25, 0.3) is 0 Å². The lowest BCUT2D eigenvalue weighted by atomic mass is 10.4. The number of carboxylic acid groups (broad SMARTS) is 1. The Balaban J connectivity index is 2.17. The number of ether oxygens (including phenoxy) is 1. The third-order valence-corrected chi connectivity index (χ3v) is 3.28. The van der Waals surface area contributed by atoms with Gasteiger partial charge in [-0.15, -0.1) is 11.3 Å². The zero-order valence-electron chi connectivity index (χ0n) is 10.8. The highest BCUT2D eigenvalue weighted by atomic mass is 32.1.